The zero-order valence-corrected chi connectivity index (χ0v) is 17.7. The Balaban J connectivity index is 1.55. The first kappa shape index (κ1) is 20.3. The van der Waals surface area contributed by atoms with Crippen molar-refractivity contribution in [2.75, 3.05) is 0 Å². The molecule has 1 amide bonds. The lowest BCUT2D eigenvalue weighted by Gasteiger charge is -2.14. The standard InChI is InChI=1S/C21H13ClN2O4S2/c22-17-10-14(24(26)27)6-8-16(17)18-9-7-15(28-18)11-19-20(25)23(21(29)30-19)12-13-4-2-1-3-5-13/h1-11H,12H2. The number of thioether (sulfide) groups is 1. The second-order valence-electron chi connectivity index (χ2n) is 6.38. The summed E-state index contributed by atoms with van der Waals surface area (Å²) >= 11 is 12.7. The third kappa shape index (κ3) is 4.16. The van der Waals surface area contributed by atoms with Gasteiger partial charge in [0.05, 0.1) is 21.4 Å². The average molecular weight is 457 g/mol. The molecule has 1 aliphatic heterocycles. The van der Waals surface area contributed by atoms with E-state index >= 15 is 0 Å². The number of amides is 1. The molecule has 2 aromatic carbocycles. The first-order valence-electron chi connectivity index (χ1n) is 8.76. The molecular formula is C21H13ClN2O4S2. The number of hydrogen-bond donors (Lipinski definition) is 0. The van der Waals surface area contributed by atoms with Crippen LogP contribution < -0.4 is 0 Å². The number of thiocarbonyl (C=S) groups is 1. The molecule has 30 heavy (non-hydrogen) atoms. The SMILES string of the molecule is O=C1C(=Cc2ccc(-c3ccc([N+](=O)[O-])cc3Cl)o2)SC(=S)N1Cc1ccccc1. The van der Waals surface area contributed by atoms with Crippen molar-refractivity contribution in [1.82, 2.24) is 4.90 Å². The minimum absolute atomic E-state index is 0.0994. The molecule has 3 aromatic rings. The second-order valence-corrected chi connectivity index (χ2v) is 8.46. The third-order valence-electron chi connectivity index (χ3n) is 4.39. The van der Waals surface area contributed by atoms with Crippen LogP contribution in [-0.4, -0.2) is 20.1 Å². The van der Waals surface area contributed by atoms with Crippen molar-refractivity contribution in [3.63, 3.8) is 0 Å². The molecule has 0 aliphatic carbocycles. The molecule has 1 aromatic heterocycles. The van der Waals surface area contributed by atoms with Gasteiger partial charge in [-0.25, -0.2) is 0 Å². The van der Waals surface area contributed by atoms with Gasteiger partial charge in [-0.05, 0) is 23.8 Å². The molecule has 1 aliphatic rings. The zero-order valence-electron chi connectivity index (χ0n) is 15.3. The Bertz CT molecular complexity index is 1190. The number of carbonyl (C=O) groups excluding carboxylic acids is 1. The second kappa shape index (κ2) is 8.43. The van der Waals surface area contributed by atoms with E-state index in [4.69, 9.17) is 28.2 Å². The summed E-state index contributed by atoms with van der Waals surface area (Å²) in [7, 11) is 0. The number of furan rings is 1. The van der Waals surface area contributed by atoms with E-state index in [-0.39, 0.29) is 16.6 Å². The molecule has 0 atom stereocenters. The smallest absolute Gasteiger partial charge is 0.270 e. The van der Waals surface area contributed by atoms with Crippen LogP contribution in [0.2, 0.25) is 5.02 Å². The summed E-state index contributed by atoms with van der Waals surface area (Å²) in [5.41, 5.74) is 1.42. The van der Waals surface area contributed by atoms with E-state index in [1.807, 2.05) is 30.3 Å². The highest BCUT2D eigenvalue weighted by molar-refractivity contribution is 8.26. The molecule has 1 saturated heterocycles. The summed E-state index contributed by atoms with van der Waals surface area (Å²) in [6, 6.07) is 17.2. The number of halogens is 1. The monoisotopic (exact) mass is 456 g/mol. The Morgan fingerprint density at radius 3 is 2.63 bits per heavy atom. The number of nitrogens with zero attached hydrogens (tertiary/aromatic N) is 2. The Labute approximate surface area is 186 Å². The molecule has 9 heteroatoms. The van der Waals surface area contributed by atoms with Crippen LogP contribution in [0.15, 0.2) is 70.0 Å². The first-order valence-corrected chi connectivity index (χ1v) is 10.4. The van der Waals surface area contributed by atoms with Crippen molar-refractivity contribution < 1.29 is 14.1 Å². The van der Waals surface area contributed by atoms with Crippen LogP contribution in [0.3, 0.4) is 0 Å². The van der Waals surface area contributed by atoms with Crippen LogP contribution in [0.5, 0.6) is 0 Å². The molecule has 0 unspecified atom stereocenters. The van der Waals surface area contributed by atoms with Gasteiger partial charge in [-0.1, -0.05) is 65.9 Å². The van der Waals surface area contributed by atoms with E-state index in [9.17, 15) is 14.9 Å². The van der Waals surface area contributed by atoms with Gasteiger partial charge in [0.2, 0.25) is 0 Å². The van der Waals surface area contributed by atoms with Crippen molar-refractivity contribution in [2.24, 2.45) is 0 Å². The molecule has 6 nitrogen and oxygen atoms in total. The highest BCUT2D eigenvalue weighted by Crippen LogP contribution is 2.36. The van der Waals surface area contributed by atoms with Crippen LogP contribution in [0.4, 0.5) is 5.69 Å². The molecule has 150 valence electrons. The van der Waals surface area contributed by atoms with Crippen molar-refractivity contribution >= 4 is 57.6 Å². The summed E-state index contributed by atoms with van der Waals surface area (Å²) in [6.07, 6.45) is 1.63. The highest BCUT2D eigenvalue weighted by Gasteiger charge is 2.32. The summed E-state index contributed by atoms with van der Waals surface area (Å²) in [6.45, 7) is 0.407. The summed E-state index contributed by atoms with van der Waals surface area (Å²) in [4.78, 5) is 25.1. The van der Waals surface area contributed by atoms with Gasteiger partial charge >= 0.3 is 0 Å². The molecule has 2 heterocycles. The van der Waals surface area contributed by atoms with E-state index in [0.29, 0.717) is 32.9 Å². The van der Waals surface area contributed by atoms with E-state index < -0.39 is 4.92 Å². The Kier molecular flexibility index (Phi) is 5.72. The summed E-state index contributed by atoms with van der Waals surface area (Å²) in [5, 5.41) is 11.1. The van der Waals surface area contributed by atoms with Gasteiger partial charge in [-0.2, -0.15) is 0 Å². The number of non-ortho nitro benzene ring substituents is 1. The van der Waals surface area contributed by atoms with Gasteiger partial charge in [-0.15, -0.1) is 0 Å². The van der Waals surface area contributed by atoms with Crippen LogP contribution in [0, 0.1) is 10.1 Å². The summed E-state index contributed by atoms with van der Waals surface area (Å²) in [5.74, 6) is 0.723. The highest BCUT2D eigenvalue weighted by atomic mass is 35.5. The van der Waals surface area contributed by atoms with Crippen LogP contribution in [0.1, 0.15) is 11.3 Å². The van der Waals surface area contributed by atoms with Crippen molar-refractivity contribution in [2.45, 2.75) is 6.54 Å². The minimum atomic E-state index is -0.513. The fourth-order valence-electron chi connectivity index (χ4n) is 2.92. The Morgan fingerprint density at radius 2 is 1.93 bits per heavy atom. The molecule has 0 N–H and O–H groups in total. The van der Waals surface area contributed by atoms with Gasteiger partial charge in [0.15, 0.2) is 0 Å². The molecule has 0 bridgehead atoms. The number of nitro benzene ring substituents is 1. The predicted molar refractivity (Wildman–Crippen MR) is 121 cm³/mol. The zero-order chi connectivity index (χ0) is 21.3. The normalized spacial score (nSPS) is 15.2. The molecular weight excluding hydrogens is 444 g/mol. The number of rotatable bonds is 5. The Hall–Kier alpha value is -2.94. The molecule has 4 rings (SSSR count). The largest absolute Gasteiger partial charge is 0.457 e. The van der Waals surface area contributed by atoms with Crippen molar-refractivity contribution in [3.05, 3.63) is 92.0 Å². The lowest BCUT2D eigenvalue weighted by molar-refractivity contribution is -0.384. The van der Waals surface area contributed by atoms with E-state index in [0.717, 1.165) is 5.56 Å². The van der Waals surface area contributed by atoms with Gasteiger partial charge in [0.1, 0.15) is 15.8 Å². The van der Waals surface area contributed by atoms with Gasteiger partial charge in [0.25, 0.3) is 11.6 Å². The van der Waals surface area contributed by atoms with Crippen LogP contribution in [-0.2, 0) is 11.3 Å². The van der Waals surface area contributed by atoms with Gasteiger partial charge < -0.3 is 4.42 Å². The fourth-order valence-corrected chi connectivity index (χ4v) is 4.43. The van der Waals surface area contributed by atoms with Crippen molar-refractivity contribution in [3.8, 4) is 11.3 Å². The van der Waals surface area contributed by atoms with Crippen molar-refractivity contribution in [1.29, 1.82) is 0 Å². The van der Waals surface area contributed by atoms with Crippen LogP contribution >= 0.6 is 35.6 Å². The quantitative estimate of drug-likeness (QED) is 0.205. The van der Waals surface area contributed by atoms with Crippen LogP contribution in [0.25, 0.3) is 17.4 Å². The number of hydrogen-bond acceptors (Lipinski definition) is 6. The molecule has 0 saturated carbocycles. The van der Waals surface area contributed by atoms with E-state index in [1.54, 1.807) is 23.1 Å². The molecule has 1 fully saturated rings. The maximum absolute atomic E-state index is 12.8. The van der Waals surface area contributed by atoms with E-state index in [2.05, 4.69) is 0 Å². The topological polar surface area (TPSA) is 76.6 Å². The minimum Gasteiger partial charge on any atom is -0.457 e. The first-order chi connectivity index (χ1) is 14.4. The lowest BCUT2D eigenvalue weighted by Crippen LogP contribution is -2.27. The third-order valence-corrected chi connectivity index (χ3v) is 6.08. The number of nitro groups is 1. The maximum Gasteiger partial charge on any atom is 0.270 e. The number of benzene rings is 2. The predicted octanol–water partition coefficient (Wildman–Crippen LogP) is 5.91. The van der Waals surface area contributed by atoms with Gasteiger partial charge in [-0.3, -0.25) is 19.8 Å². The summed E-state index contributed by atoms with van der Waals surface area (Å²) < 4.78 is 6.28. The number of carbonyl (C=O) groups is 1. The van der Waals surface area contributed by atoms with Gasteiger partial charge in [0, 0.05) is 23.8 Å². The molecule has 0 spiro atoms. The maximum atomic E-state index is 12.8. The van der Waals surface area contributed by atoms with E-state index in [1.165, 1.54) is 30.0 Å². The lowest BCUT2D eigenvalue weighted by atomic mass is 10.1. The Morgan fingerprint density at radius 1 is 1.17 bits per heavy atom. The average Bonchev–Trinajstić information content (AvgIpc) is 3.29. The molecule has 0 radical (unpaired) electrons. The fraction of sp³-hybridized carbons (Fsp3) is 0.0476.